The smallest absolute Gasteiger partial charge is 0.272 e. The fourth-order valence-corrected chi connectivity index (χ4v) is 1.88. The van der Waals surface area contributed by atoms with Crippen LogP contribution >= 0.6 is 12.4 Å². The zero-order valence-electron chi connectivity index (χ0n) is 11.9. The molecular formula is C13H19ClFN3O3. The predicted molar refractivity (Wildman–Crippen MR) is 80.1 cm³/mol. The number of non-ortho nitro benzene ring substituents is 1. The van der Waals surface area contributed by atoms with Gasteiger partial charge in [-0.05, 0) is 18.9 Å². The molecule has 1 rings (SSSR count). The lowest BCUT2D eigenvalue weighted by Crippen LogP contribution is -2.53. The van der Waals surface area contributed by atoms with E-state index in [2.05, 4.69) is 5.32 Å². The first-order chi connectivity index (χ1) is 9.39. The van der Waals surface area contributed by atoms with Gasteiger partial charge in [-0.2, -0.15) is 0 Å². The summed E-state index contributed by atoms with van der Waals surface area (Å²) in [5.41, 5.74) is 4.45. The summed E-state index contributed by atoms with van der Waals surface area (Å²) in [6, 6.07) is 2.94. The highest BCUT2D eigenvalue weighted by Gasteiger charge is 2.28. The van der Waals surface area contributed by atoms with Gasteiger partial charge in [-0.1, -0.05) is 13.8 Å². The van der Waals surface area contributed by atoms with Crippen LogP contribution in [0.1, 0.15) is 37.0 Å². The number of hydrogen-bond donors (Lipinski definition) is 2. The number of nitrogens with zero attached hydrogens (tertiary/aromatic N) is 1. The van der Waals surface area contributed by atoms with Crippen LogP contribution in [0, 0.1) is 15.9 Å². The first kappa shape index (κ1) is 19.3. The van der Waals surface area contributed by atoms with Gasteiger partial charge < -0.3 is 11.1 Å². The van der Waals surface area contributed by atoms with E-state index in [0.717, 1.165) is 18.2 Å². The molecule has 0 unspecified atom stereocenters. The van der Waals surface area contributed by atoms with E-state index in [0.29, 0.717) is 12.8 Å². The molecule has 0 radical (unpaired) electrons. The number of nitrogens with two attached hydrogens (primary N) is 1. The van der Waals surface area contributed by atoms with E-state index in [9.17, 15) is 19.3 Å². The summed E-state index contributed by atoms with van der Waals surface area (Å²) in [6.07, 6.45) is 1.22. The third kappa shape index (κ3) is 4.37. The molecule has 1 aromatic carbocycles. The Morgan fingerprint density at radius 3 is 2.38 bits per heavy atom. The molecular weight excluding hydrogens is 301 g/mol. The van der Waals surface area contributed by atoms with Crippen LogP contribution in [0.2, 0.25) is 0 Å². The summed E-state index contributed by atoms with van der Waals surface area (Å²) >= 11 is 0. The van der Waals surface area contributed by atoms with Gasteiger partial charge in [0.15, 0.2) is 0 Å². The minimum Gasteiger partial charge on any atom is -0.345 e. The lowest BCUT2D eigenvalue weighted by atomic mass is 9.92. The van der Waals surface area contributed by atoms with Crippen molar-refractivity contribution in [3.8, 4) is 0 Å². The standard InChI is InChI=1S/C13H18FN3O3.ClH/c1-3-13(4-2,8-15)16-12(18)10-6-5-9(17(19)20)7-11(10)14;/h5-7H,3-4,8,15H2,1-2H3,(H,16,18);1H. The number of carbonyl (C=O) groups excluding carboxylic acids is 1. The second-order valence-electron chi connectivity index (χ2n) is 4.57. The van der Waals surface area contributed by atoms with Crippen molar-refractivity contribution < 1.29 is 14.1 Å². The number of nitro benzene ring substituents is 1. The molecule has 8 heteroatoms. The summed E-state index contributed by atoms with van der Waals surface area (Å²) in [4.78, 5) is 21.9. The van der Waals surface area contributed by atoms with Gasteiger partial charge >= 0.3 is 0 Å². The molecule has 0 aliphatic rings. The third-order valence-corrected chi connectivity index (χ3v) is 3.53. The van der Waals surface area contributed by atoms with E-state index < -0.39 is 27.9 Å². The van der Waals surface area contributed by atoms with Crippen molar-refractivity contribution in [2.45, 2.75) is 32.2 Å². The van der Waals surface area contributed by atoms with Gasteiger partial charge in [0.1, 0.15) is 5.82 Å². The lowest BCUT2D eigenvalue weighted by Gasteiger charge is -2.31. The topological polar surface area (TPSA) is 98.3 Å². The van der Waals surface area contributed by atoms with Crippen molar-refractivity contribution >= 4 is 24.0 Å². The minimum atomic E-state index is -0.921. The predicted octanol–water partition coefficient (Wildman–Crippen LogP) is 2.40. The zero-order valence-corrected chi connectivity index (χ0v) is 12.7. The number of rotatable bonds is 6. The van der Waals surface area contributed by atoms with Gasteiger partial charge in [0.25, 0.3) is 11.6 Å². The van der Waals surface area contributed by atoms with Crippen LogP contribution in [-0.4, -0.2) is 22.9 Å². The number of halogens is 2. The summed E-state index contributed by atoms with van der Waals surface area (Å²) in [6.45, 7) is 3.99. The number of carbonyl (C=O) groups is 1. The molecule has 3 N–H and O–H groups in total. The number of amides is 1. The van der Waals surface area contributed by atoms with Crippen molar-refractivity contribution in [2.24, 2.45) is 5.73 Å². The highest BCUT2D eigenvalue weighted by molar-refractivity contribution is 5.95. The first-order valence-corrected chi connectivity index (χ1v) is 6.35. The van der Waals surface area contributed by atoms with Crippen molar-refractivity contribution in [1.29, 1.82) is 0 Å². The molecule has 118 valence electrons. The van der Waals surface area contributed by atoms with E-state index in [-0.39, 0.29) is 24.5 Å². The normalized spacial score (nSPS) is 10.7. The quantitative estimate of drug-likeness (QED) is 0.621. The Hall–Kier alpha value is -1.73. The maximum atomic E-state index is 13.8. The van der Waals surface area contributed by atoms with E-state index in [1.807, 2.05) is 13.8 Å². The van der Waals surface area contributed by atoms with E-state index in [1.165, 1.54) is 0 Å². The summed E-state index contributed by atoms with van der Waals surface area (Å²) in [7, 11) is 0. The fraction of sp³-hybridized carbons (Fsp3) is 0.462. The Bertz CT molecular complexity index is 513. The summed E-state index contributed by atoms with van der Waals surface area (Å²) in [5, 5.41) is 13.2. The molecule has 6 nitrogen and oxygen atoms in total. The van der Waals surface area contributed by atoms with Crippen LogP contribution < -0.4 is 11.1 Å². The number of benzene rings is 1. The maximum Gasteiger partial charge on any atom is 0.272 e. The van der Waals surface area contributed by atoms with Crippen LogP contribution in [0.25, 0.3) is 0 Å². The molecule has 1 amide bonds. The molecule has 0 aliphatic carbocycles. The number of nitrogens with one attached hydrogen (secondary N) is 1. The number of nitro groups is 1. The van der Waals surface area contributed by atoms with Crippen LogP contribution in [0.3, 0.4) is 0 Å². The van der Waals surface area contributed by atoms with E-state index in [4.69, 9.17) is 5.73 Å². The summed E-state index contributed by atoms with van der Waals surface area (Å²) < 4.78 is 13.8. The molecule has 0 heterocycles. The minimum absolute atomic E-state index is 0. The molecule has 0 saturated heterocycles. The van der Waals surface area contributed by atoms with Gasteiger partial charge in [-0.3, -0.25) is 14.9 Å². The largest absolute Gasteiger partial charge is 0.345 e. The molecule has 0 aromatic heterocycles. The van der Waals surface area contributed by atoms with Crippen molar-refractivity contribution in [1.82, 2.24) is 5.32 Å². The van der Waals surface area contributed by atoms with Crippen molar-refractivity contribution in [2.75, 3.05) is 6.54 Å². The molecule has 0 bridgehead atoms. The average Bonchev–Trinajstić information content (AvgIpc) is 2.44. The molecule has 21 heavy (non-hydrogen) atoms. The van der Waals surface area contributed by atoms with E-state index >= 15 is 0 Å². The maximum absolute atomic E-state index is 13.8. The lowest BCUT2D eigenvalue weighted by molar-refractivity contribution is -0.385. The fourth-order valence-electron chi connectivity index (χ4n) is 1.88. The third-order valence-electron chi connectivity index (χ3n) is 3.53. The van der Waals surface area contributed by atoms with Crippen molar-refractivity contribution in [3.63, 3.8) is 0 Å². The zero-order chi connectivity index (χ0) is 15.3. The van der Waals surface area contributed by atoms with E-state index in [1.54, 1.807) is 0 Å². The van der Waals surface area contributed by atoms with Gasteiger partial charge in [-0.15, -0.1) is 12.4 Å². The second kappa shape index (κ2) is 7.90. The highest BCUT2D eigenvalue weighted by atomic mass is 35.5. The second-order valence-corrected chi connectivity index (χ2v) is 4.57. The van der Waals surface area contributed by atoms with Gasteiger partial charge in [0.2, 0.25) is 0 Å². The Labute approximate surface area is 128 Å². The molecule has 0 spiro atoms. The average molecular weight is 320 g/mol. The van der Waals surface area contributed by atoms with Crippen LogP contribution in [-0.2, 0) is 0 Å². The SMILES string of the molecule is CCC(CC)(CN)NC(=O)c1ccc([N+](=O)[O-])cc1F.Cl. The molecule has 0 atom stereocenters. The first-order valence-electron chi connectivity index (χ1n) is 6.35. The van der Waals surface area contributed by atoms with Gasteiger partial charge in [0.05, 0.1) is 22.1 Å². The Kier molecular flexibility index (Phi) is 7.25. The Balaban J connectivity index is 0.00000400. The van der Waals surface area contributed by atoms with Crippen molar-refractivity contribution in [3.05, 3.63) is 39.7 Å². The number of hydrogen-bond acceptors (Lipinski definition) is 4. The van der Waals surface area contributed by atoms with Gasteiger partial charge in [-0.25, -0.2) is 4.39 Å². The van der Waals surface area contributed by atoms with Gasteiger partial charge in [0, 0.05) is 12.6 Å². The van der Waals surface area contributed by atoms with Crippen LogP contribution in [0.15, 0.2) is 18.2 Å². The van der Waals surface area contributed by atoms with Crippen LogP contribution in [0.4, 0.5) is 10.1 Å². The highest BCUT2D eigenvalue weighted by Crippen LogP contribution is 2.19. The van der Waals surface area contributed by atoms with Crippen LogP contribution in [0.5, 0.6) is 0 Å². The Morgan fingerprint density at radius 1 is 1.43 bits per heavy atom. The molecule has 0 fully saturated rings. The molecule has 1 aromatic rings. The molecule has 0 saturated carbocycles. The molecule has 0 aliphatic heterocycles. The Morgan fingerprint density at radius 2 is 2.00 bits per heavy atom. The monoisotopic (exact) mass is 319 g/mol. The summed E-state index contributed by atoms with van der Waals surface area (Å²) in [5.74, 6) is -1.54.